The van der Waals surface area contributed by atoms with Gasteiger partial charge in [-0.25, -0.2) is 13.1 Å². The van der Waals surface area contributed by atoms with Gasteiger partial charge in [0.05, 0.1) is 4.92 Å². The van der Waals surface area contributed by atoms with Crippen LogP contribution in [0.5, 0.6) is 0 Å². The van der Waals surface area contributed by atoms with Crippen LogP contribution in [0.4, 0.5) is 5.69 Å². The van der Waals surface area contributed by atoms with Crippen LogP contribution < -0.4 is 10.5 Å². The molecule has 1 fully saturated rings. The summed E-state index contributed by atoms with van der Waals surface area (Å²) in [5.41, 5.74) is 5.13. The highest BCUT2D eigenvalue weighted by molar-refractivity contribution is 7.89. The smallest absolute Gasteiger partial charge is 0.289 e. The molecule has 9 heteroatoms. The topological polar surface area (TPSA) is 115 Å². The summed E-state index contributed by atoms with van der Waals surface area (Å²) in [6.45, 7) is 0.380. The van der Waals surface area contributed by atoms with E-state index < -0.39 is 25.5 Å². The molecule has 21 heavy (non-hydrogen) atoms. The number of rotatable bonds is 5. The van der Waals surface area contributed by atoms with Gasteiger partial charge in [0.25, 0.3) is 5.69 Å². The van der Waals surface area contributed by atoms with Gasteiger partial charge in [-0.3, -0.25) is 10.1 Å². The van der Waals surface area contributed by atoms with E-state index >= 15 is 0 Å². The van der Waals surface area contributed by atoms with Gasteiger partial charge < -0.3 is 5.73 Å². The average molecular weight is 334 g/mol. The molecular weight excluding hydrogens is 318 g/mol. The lowest BCUT2D eigenvalue weighted by atomic mass is 10.1. The summed E-state index contributed by atoms with van der Waals surface area (Å²) in [6.07, 6.45) is 2.41. The fraction of sp³-hybridized carbons (Fsp3) is 0.500. The highest BCUT2D eigenvalue weighted by Crippen LogP contribution is 2.30. The zero-order valence-electron chi connectivity index (χ0n) is 11.2. The third-order valence-corrected chi connectivity index (χ3v) is 5.43. The summed E-state index contributed by atoms with van der Waals surface area (Å²) in [5.74, 6) is 0.0537. The molecule has 0 amide bonds. The van der Waals surface area contributed by atoms with Gasteiger partial charge in [-0.05, 0) is 37.4 Å². The molecule has 1 saturated carbocycles. The van der Waals surface area contributed by atoms with Crippen LogP contribution in [0.1, 0.15) is 19.3 Å². The van der Waals surface area contributed by atoms with E-state index in [9.17, 15) is 18.5 Å². The van der Waals surface area contributed by atoms with E-state index in [0.29, 0.717) is 13.0 Å². The number of sulfonamides is 1. The predicted octanol–water partition coefficient (Wildman–Crippen LogP) is 1.65. The number of benzene rings is 1. The molecule has 0 aromatic heterocycles. The van der Waals surface area contributed by atoms with Gasteiger partial charge in [0, 0.05) is 17.1 Å². The molecule has 1 aromatic carbocycles. The monoisotopic (exact) mass is 333 g/mol. The minimum atomic E-state index is -4.02. The first-order chi connectivity index (χ1) is 9.85. The molecule has 0 saturated heterocycles. The third kappa shape index (κ3) is 3.52. The fourth-order valence-corrected chi connectivity index (χ4v) is 4.36. The normalized spacial score (nSPS) is 22.4. The molecule has 0 bridgehead atoms. The van der Waals surface area contributed by atoms with E-state index in [2.05, 4.69) is 4.72 Å². The van der Waals surface area contributed by atoms with Crippen LogP contribution in [-0.4, -0.2) is 25.9 Å². The lowest BCUT2D eigenvalue weighted by Crippen LogP contribution is -2.40. The molecule has 1 aliphatic carbocycles. The second-order valence-electron chi connectivity index (χ2n) is 5.02. The summed E-state index contributed by atoms with van der Waals surface area (Å²) in [7, 11) is -4.02. The van der Waals surface area contributed by atoms with E-state index in [-0.39, 0.29) is 17.0 Å². The van der Waals surface area contributed by atoms with Crippen molar-refractivity contribution in [3.8, 4) is 0 Å². The Morgan fingerprint density at radius 3 is 2.76 bits per heavy atom. The maximum atomic E-state index is 12.4. The minimum Gasteiger partial charge on any atom is -0.330 e. The van der Waals surface area contributed by atoms with E-state index in [4.69, 9.17) is 17.3 Å². The number of nitrogens with one attached hydrogen (secondary N) is 1. The Labute approximate surface area is 127 Å². The van der Waals surface area contributed by atoms with Crippen LogP contribution >= 0.6 is 11.6 Å². The van der Waals surface area contributed by atoms with Crippen molar-refractivity contribution in [1.82, 2.24) is 4.72 Å². The van der Waals surface area contributed by atoms with Gasteiger partial charge in [-0.15, -0.1) is 0 Å². The van der Waals surface area contributed by atoms with Crippen molar-refractivity contribution in [3.05, 3.63) is 33.3 Å². The molecule has 0 aliphatic heterocycles. The van der Waals surface area contributed by atoms with Crippen molar-refractivity contribution in [2.24, 2.45) is 11.7 Å². The van der Waals surface area contributed by atoms with Crippen LogP contribution in [-0.2, 0) is 10.0 Å². The molecule has 7 nitrogen and oxygen atoms in total. The number of nitrogens with zero attached hydrogens (tertiary/aromatic N) is 1. The summed E-state index contributed by atoms with van der Waals surface area (Å²) in [6, 6.07) is 3.18. The standard InChI is InChI=1S/C12H16ClN3O4S/c13-9-4-5-11(16(17)18)12(6-9)21(19,20)15-10-3-1-2-8(10)7-14/h4-6,8,10,15H,1-3,7,14H2/t8-,10-/m1/s1. The van der Waals surface area contributed by atoms with Crippen molar-refractivity contribution in [1.29, 1.82) is 0 Å². The molecule has 116 valence electrons. The molecule has 0 radical (unpaired) electrons. The van der Waals surface area contributed by atoms with Crippen molar-refractivity contribution in [2.45, 2.75) is 30.2 Å². The van der Waals surface area contributed by atoms with Crippen LogP contribution in [0.2, 0.25) is 5.02 Å². The number of nitro groups is 1. The molecule has 1 aromatic rings. The highest BCUT2D eigenvalue weighted by Gasteiger charge is 2.33. The second kappa shape index (κ2) is 6.27. The molecule has 0 heterocycles. The maximum Gasteiger partial charge on any atom is 0.289 e. The van der Waals surface area contributed by atoms with Crippen molar-refractivity contribution >= 4 is 27.3 Å². The zero-order valence-corrected chi connectivity index (χ0v) is 12.7. The molecule has 2 atom stereocenters. The number of hydrogen-bond donors (Lipinski definition) is 2. The van der Waals surface area contributed by atoms with Crippen molar-refractivity contribution in [3.63, 3.8) is 0 Å². The Kier molecular flexibility index (Phi) is 4.82. The van der Waals surface area contributed by atoms with Gasteiger partial charge in [-0.2, -0.15) is 0 Å². The zero-order chi connectivity index (χ0) is 15.6. The van der Waals surface area contributed by atoms with Gasteiger partial charge >= 0.3 is 0 Å². The van der Waals surface area contributed by atoms with Gasteiger partial charge in [0.1, 0.15) is 0 Å². The summed E-state index contributed by atoms with van der Waals surface area (Å²) >= 11 is 5.77. The van der Waals surface area contributed by atoms with E-state index in [1.165, 1.54) is 6.07 Å². The van der Waals surface area contributed by atoms with E-state index in [0.717, 1.165) is 25.0 Å². The van der Waals surface area contributed by atoms with Crippen molar-refractivity contribution in [2.75, 3.05) is 6.54 Å². The fourth-order valence-electron chi connectivity index (χ4n) is 2.59. The molecule has 0 unspecified atom stereocenters. The third-order valence-electron chi connectivity index (χ3n) is 3.68. The van der Waals surface area contributed by atoms with Gasteiger partial charge in [0.2, 0.25) is 10.0 Å². The molecule has 2 rings (SSSR count). The highest BCUT2D eigenvalue weighted by atomic mass is 35.5. The number of hydrogen-bond acceptors (Lipinski definition) is 5. The van der Waals surface area contributed by atoms with Crippen LogP contribution in [0, 0.1) is 16.0 Å². The first-order valence-corrected chi connectivity index (χ1v) is 8.37. The minimum absolute atomic E-state index is 0.0537. The number of nitro benzene ring substituents is 1. The second-order valence-corrected chi connectivity index (χ2v) is 7.14. The lowest BCUT2D eigenvalue weighted by molar-refractivity contribution is -0.387. The van der Waals surface area contributed by atoms with E-state index in [1.807, 2.05) is 0 Å². The SMILES string of the molecule is NC[C@H]1CCC[C@H]1NS(=O)(=O)c1cc(Cl)ccc1[N+](=O)[O-]. The Morgan fingerprint density at radius 2 is 2.14 bits per heavy atom. The Balaban J connectivity index is 2.35. The van der Waals surface area contributed by atoms with Gasteiger partial charge in [0.15, 0.2) is 4.90 Å². The predicted molar refractivity (Wildman–Crippen MR) is 78.6 cm³/mol. The van der Waals surface area contributed by atoms with Gasteiger partial charge in [-0.1, -0.05) is 18.0 Å². The van der Waals surface area contributed by atoms with Crippen molar-refractivity contribution < 1.29 is 13.3 Å². The van der Waals surface area contributed by atoms with Crippen LogP contribution in [0.25, 0.3) is 0 Å². The summed E-state index contributed by atoms with van der Waals surface area (Å²) < 4.78 is 27.3. The molecule has 0 spiro atoms. The number of halogens is 1. The quantitative estimate of drug-likeness (QED) is 0.628. The Hall–Kier alpha value is -1.22. The number of nitrogens with two attached hydrogens (primary N) is 1. The molecular formula is C12H16ClN3O4S. The first kappa shape index (κ1) is 16.2. The Bertz CT molecular complexity index is 650. The van der Waals surface area contributed by atoms with Crippen LogP contribution in [0.15, 0.2) is 23.1 Å². The van der Waals surface area contributed by atoms with E-state index in [1.54, 1.807) is 0 Å². The maximum absolute atomic E-state index is 12.4. The lowest BCUT2D eigenvalue weighted by Gasteiger charge is -2.19. The molecule has 1 aliphatic rings. The summed E-state index contributed by atoms with van der Waals surface area (Å²) in [5, 5.41) is 11.1. The van der Waals surface area contributed by atoms with Crippen LogP contribution in [0.3, 0.4) is 0 Å². The average Bonchev–Trinajstić information content (AvgIpc) is 2.84. The molecule has 3 N–H and O–H groups in total. The Morgan fingerprint density at radius 1 is 1.43 bits per heavy atom. The summed E-state index contributed by atoms with van der Waals surface area (Å²) in [4.78, 5) is 9.84. The largest absolute Gasteiger partial charge is 0.330 e. The first-order valence-electron chi connectivity index (χ1n) is 6.51.